The lowest BCUT2D eigenvalue weighted by molar-refractivity contribution is -0.132. The number of aryl methyl sites for hydroxylation is 1. The molecule has 0 spiro atoms. The molecule has 29 heavy (non-hydrogen) atoms. The maximum Gasteiger partial charge on any atom is 0.338 e. The van der Waals surface area contributed by atoms with Gasteiger partial charge in [-0.3, -0.25) is 9.48 Å². The van der Waals surface area contributed by atoms with Crippen LogP contribution in [-0.2, 0) is 11.2 Å². The molecule has 0 bridgehead atoms. The number of carboxylic acids is 1. The number of amides is 1. The molecule has 1 aliphatic rings. The highest BCUT2D eigenvalue weighted by Crippen LogP contribution is 2.23. The molecule has 1 saturated heterocycles. The number of carbonyl (C=O) groups is 2. The highest BCUT2D eigenvalue weighted by molar-refractivity contribution is 5.86. The molecule has 2 heterocycles. The molecule has 0 atom stereocenters. The monoisotopic (exact) mass is 399 g/mol. The van der Waals surface area contributed by atoms with Gasteiger partial charge in [0.1, 0.15) is 5.75 Å². The normalized spacial score (nSPS) is 14.7. The SMILES string of the molecule is COc1ccc(CCCCCC(=O)N2CCC(n3cc(C(=O)O)cn3)CC2)cc1. The molecule has 1 fully saturated rings. The van der Waals surface area contributed by atoms with Crippen molar-refractivity contribution in [1.82, 2.24) is 14.7 Å². The Kier molecular flexibility index (Phi) is 7.27. The van der Waals surface area contributed by atoms with Gasteiger partial charge in [0.2, 0.25) is 5.91 Å². The molecule has 2 aromatic rings. The number of carboxylic acid groups (broad SMARTS) is 1. The van der Waals surface area contributed by atoms with Crippen molar-refractivity contribution in [1.29, 1.82) is 0 Å². The van der Waals surface area contributed by atoms with Crippen LogP contribution in [0.1, 0.15) is 60.5 Å². The Morgan fingerprint density at radius 2 is 1.86 bits per heavy atom. The Labute approximate surface area is 171 Å². The first kappa shape index (κ1) is 20.9. The van der Waals surface area contributed by atoms with Crippen LogP contribution >= 0.6 is 0 Å². The van der Waals surface area contributed by atoms with Crippen molar-refractivity contribution in [3.05, 3.63) is 47.8 Å². The summed E-state index contributed by atoms with van der Waals surface area (Å²) in [6.07, 6.45) is 9.22. The van der Waals surface area contributed by atoms with Gasteiger partial charge in [0.25, 0.3) is 0 Å². The standard InChI is InChI=1S/C22H29N3O4/c1-29-20-9-7-17(8-10-20)5-3-2-4-6-21(26)24-13-11-19(12-14-24)25-16-18(15-23-25)22(27)28/h7-10,15-16,19H,2-6,11-14H2,1H3,(H,27,28). The molecule has 3 rings (SSSR count). The second-order valence-corrected chi connectivity index (χ2v) is 7.53. The molecule has 0 radical (unpaired) electrons. The zero-order valence-corrected chi connectivity index (χ0v) is 16.9. The Bertz CT molecular complexity index is 808. The molecule has 1 aliphatic heterocycles. The molecule has 1 amide bonds. The highest BCUT2D eigenvalue weighted by Gasteiger charge is 2.24. The van der Waals surface area contributed by atoms with Crippen molar-refractivity contribution >= 4 is 11.9 Å². The van der Waals surface area contributed by atoms with Crippen LogP contribution < -0.4 is 4.74 Å². The van der Waals surface area contributed by atoms with Crippen molar-refractivity contribution in [3.63, 3.8) is 0 Å². The van der Waals surface area contributed by atoms with Crippen LogP contribution in [0.5, 0.6) is 5.75 Å². The Balaban J connectivity index is 1.32. The van der Waals surface area contributed by atoms with E-state index >= 15 is 0 Å². The average Bonchev–Trinajstić information content (AvgIpc) is 3.24. The zero-order valence-electron chi connectivity index (χ0n) is 16.9. The molecule has 1 aromatic heterocycles. The second-order valence-electron chi connectivity index (χ2n) is 7.53. The van der Waals surface area contributed by atoms with Crippen molar-refractivity contribution in [3.8, 4) is 5.75 Å². The van der Waals surface area contributed by atoms with Crippen LogP contribution in [0.25, 0.3) is 0 Å². The van der Waals surface area contributed by atoms with Crippen LogP contribution in [0.2, 0.25) is 0 Å². The molecular weight excluding hydrogens is 370 g/mol. The van der Waals surface area contributed by atoms with E-state index in [1.54, 1.807) is 18.0 Å². The number of carbonyl (C=O) groups excluding carboxylic acids is 1. The summed E-state index contributed by atoms with van der Waals surface area (Å²) < 4.78 is 6.89. The van der Waals surface area contributed by atoms with Crippen molar-refractivity contribution in [2.24, 2.45) is 0 Å². The third-order valence-electron chi connectivity index (χ3n) is 5.55. The summed E-state index contributed by atoms with van der Waals surface area (Å²) in [6.45, 7) is 1.41. The number of benzene rings is 1. The zero-order chi connectivity index (χ0) is 20.6. The molecule has 0 unspecified atom stereocenters. The molecule has 7 heteroatoms. The van der Waals surface area contributed by atoms with Crippen LogP contribution in [0.3, 0.4) is 0 Å². The fourth-order valence-electron chi connectivity index (χ4n) is 3.76. The fourth-order valence-corrected chi connectivity index (χ4v) is 3.76. The number of unbranched alkanes of at least 4 members (excludes halogenated alkanes) is 2. The number of ether oxygens (including phenoxy) is 1. The summed E-state index contributed by atoms with van der Waals surface area (Å²) in [6, 6.07) is 8.31. The summed E-state index contributed by atoms with van der Waals surface area (Å²) in [5.74, 6) is 0.133. The van der Waals surface area contributed by atoms with E-state index in [9.17, 15) is 9.59 Å². The first-order valence-electron chi connectivity index (χ1n) is 10.2. The van der Waals surface area contributed by atoms with E-state index in [0.717, 1.165) is 44.3 Å². The van der Waals surface area contributed by atoms with E-state index in [4.69, 9.17) is 9.84 Å². The molecule has 7 nitrogen and oxygen atoms in total. The lowest BCUT2D eigenvalue weighted by atomic mass is 10.0. The Morgan fingerprint density at radius 1 is 1.14 bits per heavy atom. The van der Waals surface area contributed by atoms with Gasteiger partial charge in [-0.15, -0.1) is 0 Å². The number of nitrogens with zero attached hydrogens (tertiary/aromatic N) is 3. The third kappa shape index (κ3) is 5.82. The van der Waals surface area contributed by atoms with E-state index in [1.807, 2.05) is 17.0 Å². The van der Waals surface area contributed by atoms with E-state index < -0.39 is 5.97 Å². The largest absolute Gasteiger partial charge is 0.497 e. The number of hydrogen-bond acceptors (Lipinski definition) is 4. The van der Waals surface area contributed by atoms with Gasteiger partial charge in [-0.1, -0.05) is 18.6 Å². The Hall–Kier alpha value is -2.83. The Morgan fingerprint density at radius 3 is 2.48 bits per heavy atom. The summed E-state index contributed by atoms with van der Waals surface area (Å²) in [4.78, 5) is 25.4. The number of likely N-dealkylation sites (tertiary alicyclic amines) is 1. The van der Waals surface area contributed by atoms with E-state index in [-0.39, 0.29) is 17.5 Å². The molecule has 156 valence electrons. The first-order valence-corrected chi connectivity index (χ1v) is 10.2. The summed E-state index contributed by atoms with van der Waals surface area (Å²) in [5, 5.41) is 13.2. The van der Waals surface area contributed by atoms with E-state index in [1.165, 1.54) is 11.8 Å². The topological polar surface area (TPSA) is 84.7 Å². The van der Waals surface area contributed by atoms with Gasteiger partial charge in [-0.05, 0) is 49.8 Å². The summed E-state index contributed by atoms with van der Waals surface area (Å²) in [5.41, 5.74) is 1.50. The van der Waals surface area contributed by atoms with Gasteiger partial charge in [0.15, 0.2) is 0 Å². The lowest BCUT2D eigenvalue weighted by Gasteiger charge is -2.32. The minimum atomic E-state index is -0.962. The quantitative estimate of drug-likeness (QED) is 0.652. The summed E-state index contributed by atoms with van der Waals surface area (Å²) >= 11 is 0. The highest BCUT2D eigenvalue weighted by atomic mass is 16.5. The van der Waals surface area contributed by atoms with Gasteiger partial charge in [-0.2, -0.15) is 5.10 Å². The molecule has 0 saturated carbocycles. The lowest BCUT2D eigenvalue weighted by Crippen LogP contribution is -2.39. The number of aromatic nitrogens is 2. The average molecular weight is 399 g/mol. The number of piperidine rings is 1. The van der Waals surface area contributed by atoms with Crippen LogP contribution in [0.15, 0.2) is 36.7 Å². The predicted octanol–water partition coefficient (Wildman–Crippen LogP) is 3.56. The smallest absolute Gasteiger partial charge is 0.338 e. The fraction of sp³-hybridized carbons (Fsp3) is 0.500. The minimum Gasteiger partial charge on any atom is -0.497 e. The first-order chi connectivity index (χ1) is 14.1. The van der Waals surface area contributed by atoms with Crippen molar-refractivity contribution < 1.29 is 19.4 Å². The van der Waals surface area contributed by atoms with Crippen LogP contribution in [0, 0.1) is 0 Å². The van der Waals surface area contributed by atoms with Crippen molar-refractivity contribution in [2.75, 3.05) is 20.2 Å². The van der Waals surface area contributed by atoms with E-state index in [2.05, 4.69) is 17.2 Å². The number of rotatable bonds is 9. The predicted molar refractivity (Wildman–Crippen MR) is 109 cm³/mol. The van der Waals surface area contributed by atoms with Crippen LogP contribution in [-0.4, -0.2) is 51.9 Å². The van der Waals surface area contributed by atoms with Gasteiger partial charge < -0.3 is 14.7 Å². The number of hydrogen-bond donors (Lipinski definition) is 1. The second kappa shape index (κ2) is 10.1. The molecular formula is C22H29N3O4. The van der Waals surface area contributed by atoms with Gasteiger partial charge in [-0.25, -0.2) is 4.79 Å². The van der Waals surface area contributed by atoms with Crippen LogP contribution in [0.4, 0.5) is 0 Å². The number of methoxy groups -OCH3 is 1. The van der Waals surface area contributed by atoms with Gasteiger partial charge in [0.05, 0.1) is 24.9 Å². The van der Waals surface area contributed by atoms with E-state index in [0.29, 0.717) is 19.5 Å². The molecule has 1 aromatic carbocycles. The number of aromatic carboxylic acids is 1. The molecule has 1 N–H and O–H groups in total. The maximum atomic E-state index is 12.5. The maximum absolute atomic E-state index is 12.5. The summed E-state index contributed by atoms with van der Waals surface area (Å²) in [7, 11) is 1.67. The van der Waals surface area contributed by atoms with Gasteiger partial charge in [0, 0.05) is 25.7 Å². The molecule has 0 aliphatic carbocycles. The minimum absolute atomic E-state index is 0.164. The third-order valence-corrected chi connectivity index (χ3v) is 5.55. The van der Waals surface area contributed by atoms with Gasteiger partial charge >= 0.3 is 5.97 Å². The van der Waals surface area contributed by atoms with Crippen molar-refractivity contribution in [2.45, 2.75) is 51.0 Å².